The Bertz CT molecular complexity index is 1500. The van der Waals surface area contributed by atoms with Crippen molar-refractivity contribution in [2.45, 2.75) is 38.0 Å². The Balaban J connectivity index is 1.54. The highest BCUT2D eigenvalue weighted by molar-refractivity contribution is 7.99. The maximum Gasteiger partial charge on any atom is 0.267 e. The normalized spacial score (nSPS) is 13.8. The minimum atomic E-state index is -0.589. The van der Waals surface area contributed by atoms with Gasteiger partial charge in [-0.25, -0.2) is 9.37 Å². The van der Waals surface area contributed by atoms with E-state index in [1.165, 1.54) is 35.9 Å². The van der Waals surface area contributed by atoms with E-state index < -0.39 is 5.82 Å². The van der Waals surface area contributed by atoms with Crippen LogP contribution in [-0.4, -0.2) is 45.7 Å². The number of rotatable bonds is 7. The molecule has 0 radical (unpaired) electrons. The lowest BCUT2D eigenvalue weighted by molar-refractivity contribution is 0.102. The predicted molar refractivity (Wildman–Crippen MR) is 142 cm³/mol. The third-order valence-electron chi connectivity index (χ3n) is 6.42. The number of ether oxygens (including phenoxy) is 1. The highest BCUT2D eigenvalue weighted by Gasteiger charge is 2.27. The van der Waals surface area contributed by atoms with Gasteiger partial charge in [0.25, 0.3) is 5.56 Å². The number of aromatic nitrogens is 2. The first-order valence-electron chi connectivity index (χ1n) is 11.7. The molecule has 1 aliphatic rings. The Hall–Kier alpha value is -3.01. The molecule has 0 bridgehead atoms. The summed E-state index contributed by atoms with van der Waals surface area (Å²) in [6, 6.07) is 13.9. The fraction of sp³-hybridized carbons (Fsp3) is 0.296. The fourth-order valence-electron chi connectivity index (χ4n) is 4.44. The summed E-state index contributed by atoms with van der Waals surface area (Å²) in [6.07, 6.45) is 0.813. The van der Waals surface area contributed by atoms with Gasteiger partial charge in [-0.05, 0) is 56.2 Å². The lowest BCUT2D eigenvalue weighted by Gasteiger charge is -2.30. The molecule has 3 heterocycles. The zero-order chi connectivity index (χ0) is 25.4. The zero-order valence-electron chi connectivity index (χ0n) is 20.3. The molecule has 2 aromatic heterocycles. The number of methoxy groups -OCH3 is 1. The van der Waals surface area contributed by atoms with Crippen LogP contribution in [0.1, 0.15) is 34.6 Å². The van der Waals surface area contributed by atoms with Gasteiger partial charge in [-0.15, -0.1) is 11.3 Å². The Morgan fingerprint density at radius 1 is 1.22 bits per heavy atom. The van der Waals surface area contributed by atoms with E-state index in [0.29, 0.717) is 27.1 Å². The smallest absolute Gasteiger partial charge is 0.267 e. The van der Waals surface area contributed by atoms with Gasteiger partial charge in [0.15, 0.2) is 22.5 Å². The monoisotopic (exact) mass is 523 g/mol. The third kappa shape index (κ3) is 4.58. The molecule has 0 atom stereocenters. The molecule has 1 aliphatic heterocycles. The quantitative estimate of drug-likeness (QED) is 0.185. The van der Waals surface area contributed by atoms with Gasteiger partial charge in [0.05, 0.1) is 23.9 Å². The lowest BCUT2D eigenvalue weighted by Crippen LogP contribution is -2.35. The molecule has 0 saturated carbocycles. The Labute approximate surface area is 216 Å². The molecule has 0 aliphatic carbocycles. The van der Waals surface area contributed by atoms with Crippen LogP contribution in [0, 0.1) is 5.82 Å². The van der Waals surface area contributed by atoms with E-state index in [-0.39, 0.29) is 28.4 Å². The van der Waals surface area contributed by atoms with Crippen molar-refractivity contribution in [3.05, 3.63) is 80.7 Å². The molecule has 0 amide bonds. The highest BCUT2D eigenvalue weighted by Crippen LogP contribution is 2.35. The van der Waals surface area contributed by atoms with Gasteiger partial charge >= 0.3 is 0 Å². The second kappa shape index (κ2) is 10.2. The van der Waals surface area contributed by atoms with Gasteiger partial charge < -0.3 is 4.74 Å². The van der Waals surface area contributed by atoms with E-state index in [9.17, 15) is 14.0 Å². The van der Waals surface area contributed by atoms with Crippen LogP contribution >= 0.6 is 23.1 Å². The third-order valence-corrected chi connectivity index (χ3v) is 8.47. The van der Waals surface area contributed by atoms with Crippen molar-refractivity contribution in [1.82, 2.24) is 14.5 Å². The zero-order valence-corrected chi connectivity index (χ0v) is 21.9. The predicted octanol–water partition coefficient (Wildman–Crippen LogP) is 5.34. The van der Waals surface area contributed by atoms with Gasteiger partial charge in [0, 0.05) is 29.6 Å². The van der Waals surface area contributed by atoms with Crippen molar-refractivity contribution in [3.63, 3.8) is 0 Å². The average molecular weight is 524 g/mol. The van der Waals surface area contributed by atoms with Crippen molar-refractivity contribution in [3.8, 4) is 11.4 Å². The number of Topliss-reactive ketones (excluding diaryl/α,β-unsaturated/α-hetero) is 1. The number of fused-ring (bicyclic) bond motifs is 3. The van der Waals surface area contributed by atoms with Crippen LogP contribution in [0.15, 0.2) is 58.5 Å². The standard InChI is InChI=1S/C27H26FN3O3S2/c1-16(2)30-12-11-19-23(14-30)36-25-24(19)26(33)31(18-7-5-4-6-8-18)27(29-25)35-15-21(32)17-9-10-22(34-3)20(28)13-17/h4-10,13,16H,11-12,14-15H2,1-3H3. The molecule has 0 saturated heterocycles. The van der Waals surface area contributed by atoms with E-state index in [4.69, 9.17) is 9.72 Å². The van der Waals surface area contributed by atoms with Crippen LogP contribution in [0.25, 0.3) is 15.9 Å². The van der Waals surface area contributed by atoms with Crippen molar-refractivity contribution in [1.29, 1.82) is 0 Å². The van der Waals surface area contributed by atoms with Crippen molar-refractivity contribution < 1.29 is 13.9 Å². The van der Waals surface area contributed by atoms with Crippen molar-refractivity contribution in [2.24, 2.45) is 0 Å². The molecule has 0 N–H and O–H groups in total. The first-order valence-corrected chi connectivity index (χ1v) is 13.5. The van der Waals surface area contributed by atoms with Crippen LogP contribution < -0.4 is 10.3 Å². The first-order chi connectivity index (χ1) is 17.4. The maximum absolute atomic E-state index is 14.1. The number of carbonyl (C=O) groups is 1. The molecular formula is C27H26FN3O3S2. The number of thiophene rings is 1. The number of carbonyl (C=O) groups excluding carboxylic acids is 1. The highest BCUT2D eigenvalue weighted by atomic mass is 32.2. The minimum absolute atomic E-state index is 0.0166. The van der Waals surface area contributed by atoms with Crippen LogP contribution in [-0.2, 0) is 13.0 Å². The Kier molecular flexibility index (Phi) is 6.96. The summed E-state index contributed by atoms with van der Waals surface area (Å²) in [4.78, 5) is 35.9. The molecular weight excluding hydrogens is 497 g/mol. The Morgan fingerprint density at radius 2 is 2.00 bits per heavy atom. The SMILES string of the molecule is COc1ccc(C(=O)CSc2nc3sc4c(c3c(=O)n2-c2ccccc2)CCN(C(C)C)C4)cc1F. The van der Waals surface area contributed by atoms with E-state index in [2.05, 4.69) is 18.7 Å². The van der Waals surface area contributed by atoms with Crippen molar-refractivity contribution >= 4 is 39.1 Å². The molecule has 9 heteroatoms. The number of hydrogen-bond acceptors (Lipinski definition) is 7. The second-order valence-electron chi connectivity index (χ2n) is 8.93. The molecule has 4 aromatic rings. The number of hydrogen-bond donors (Lipinski definition) is 0. The van der Waals surface area contributed by atoms with Gasteiger partial charge in [-0.2, -0.15) is 0 Å². The van der Waals surface area contributed by atoms with E-state index >= 15 is 0 Å². The van der Waals surface area contributed by atoms with Gasteiger partial charge in [-0.1, -0.05) is 30.0 Å². The first kappa shape index (κ1) is 24.7. The summed E-state index contributed by atoms with van der Waals surface area (Å²) in [5.41, 5.74) is 1.92. The number of thioether (sulfide) groups is 1. The lowest BCUT2D eigenvalue weighted by atomic mass is 10.0. The summed E-state index contributed by atoms with van der Waals surface area (Å²) >= 11 is 2.75. The maximum atomic E-state index is 14.1. The van der Waals surface area contributed by atoms with Gasteiger partial charge in [-0.3, -0.25) is 19.1 Å². The minimum Gasteiger partial charge on any atom is -0.494 e. The average Bonchev–Trinajstić information content (AvgIpc) is 3.25. The topological polar surface area (TPSA) is 64.4 Å². The molecule has 0 unspecified atom stereocenters. The Morgan fingerprint density at radius 3 is 2.69 bits per heavy atom. The second-order valence-corrected chi connectivity index (χ2v) is 11.0. The van der Waals surface area contributed by atoms with Crippen LogP contribution in [0.5, 0.6) is 5.75 Å². The molecule has 6 nitrogen and oxygen atoms in total. The summed E-state index contributed by atoms with van der Waals surface area (Å²) < 4.78 is 20.7. The number of para-hydroxylation sites is 1. The van der Waals surface area contributed by atoms with Gasteiger partial charge in [0.1, 0.15) is 4.83 Å². The number of halogens is 1. The molecule has 5 rings (SSSR count). The van der Waals surface area contributed by atoms with Crippen molar-refractivity contribution in [2.75, 3.05) is 19.4 Å². The molecule has 186 valence electrons. The van der Waals surface area contributed by atoms with Gasteiger partial charge in [0.2, 0.25) is 0 Å². The molecule has 0 fully saturated rings. The summed E-state index contributed by atoms with van der Waals surface area (Å²) in [5, 5.41) is 1.12. The van der Waals surface area contributed by atoms with E-state index in [1.54, 1.807) is 22.0 Å². The number of benzene rings is 2. The summed E-state index contributed by atoms with van der Waals surface area (Å²) in [6.45, 7) is 6.08. The molecule has 2 aromatic carbocycles. The summed E-state index contributed by atoms with van der Waals surface area (Å²) in [5.74, 6) is -0.743. The van der Waals surface area contributed by atoms with Crippen LogP contribution in [0.3, 0.4) is 0 Å². The van der Waals surface area contributed by atoms with Crippen LogP contribution in [0.2, 0.25) is 0 Å². The van der Waals surface area contributed by atoms with Crippen LogP contribution in [0.4, 0.5) is 4.39 Å². The fourth-order valence-corrected chi connectivity index (χ4v) is 6.63. The van der Waals surface area contributed by atoms with E-state index in [1.807, 2.05) is 30.3 Å². The number of nitrogens with zero attached hydrogens (tertiary/aromatic N) is 3. The molecule has 36 heavy (non-hydrogen) atoms. The molecule has 0 spiro atoms. The van der Waals surface area contributed by atoms with E-state index in [0.717, 1.165) is 25.1 Å². The number of ketones is 1. The largest absolute Gasteiger partial charge is 0.494 e. The summed E-state index contributed by atoms with van der Waals surface area (Å²) in [7, 11) is 1.38.